The number of carbonyl (C=O) groups is 1. The zero-order valence-electron chi connectivity index (χ0n) is 18.0. The van der Waals surface area contributed by atoms with Crippen molar-refractivity contribution in [2.24, 2.45) is 5.73 Å². The van der Waals surface area contributed by atoms with Gasteiger partial charge in [-0.3, -0.25) is 5.41 Å². The molecule has 0 radical (unpaired) electrons. The van der Waals surface area contributed by atoms with Crippen LogP contribution in [0.5, 0.6) is 11.5 Å². The van der Waals surface area contributed by atoms with Crippen molar-refractivity contribution in [3.63, 3.8) is 0 Å². The largest absolute Gasteiger partial charge is 0.493 e. The third kappa shape index (κ3) is 3.85. The van der Waals surface area contributed by atoms with Crippen molar-refractivity contribution in [2.45, 2.75) is 13.0 Å². The Morgan fingerprint density at radius 1 is 1.06 bits per heavy atom. The Hall–Kier alpha value is -4.00. The highest BCUT2D eigenvalue weighted by molar-refractivity contribution is 5.98. The number of methoxy groups -OCH3 is 2. The van der Waals surface area contributed by atoms with Crippen LogP contribution >= 0.6 is 0 Å². The van der Waals surface area contributed by atoms with E-state index in [0.29, 0.717) is 23.6 Å². The molecule has 7 nitrogen and oxygen atoms in total. The number of nitrogens with one attached hydrogen (secondary N) is 1. The number of amidine groups is 1. The standard InChI is InChI=1S/C25H25N3O4/c1-31-22-12-19(20(25(29)30)13-23(22)32-2)18-6-4-3-5-17(18)14-28-10-9-15-11-16(24(26)27)7-8-21(15)28/h3-8,11-13H,9-10,14H2,1-2H3,(H3,26,27)(H,29,30). The first kappa shape index (κ1) is 21.2. The Bertz CT molecular complexity index is 1210. The number of hydrogen-bond donors (Lipinski definition) is 3. The minimum atomic E-state index is -1.03. The number of fused-ring (bicyclic) bond motifs is 1. The van der Waals surface area contributed by atoms with Crippen molar-refractivity contribution in [2.75, 3.05) is 25.7 Å². The Balaban J connectivity index is 1.75. The summed E-state index contributed by atoms with van der Waals surface area (Å²) in [7, 11) is 3.02. The third-order valence-corrected chi connectivity index (χ3v) is 5.81. The SMILES string of the molecule is COc1cc(C(=O)O)c(-c2ccccc2CN2CCc3cc(C(=N)N)ccc32)cc1OC. The van der Waals surface area contributed by atoms with E-state index >= 15 is 0 Å². The number of nitrogens with zero attached hydrogens (tertiary/aromatic N) is 1. The molecule has 0 atom stereocenters. The van der Waals surface area contributed by atoms with Crippen LogP contribution in [0.15, 0.2) is 54.6 Å². The van der Waals surface area contributed by atoms with Crippen LogP contribution in [0.3, 0.4) is 0 Å². The molecule has 3 aromatic rings. The Labute approximate surface area is 186 Å². The van der Waals surface area contributed by atoms with Gasteiger partial charge < -0.3 is 25.2 Å². The highest BCUT2D eigenvalue weighted by atomic mass is 16.5. The summed E-state index contributed by atoms with van der Waals surface area (Å²) in [5, 5.41) is 17.5. The maximum Gasteiger partial charge on any atom is 0.336 e. The molecule has 0 saturated carbocycles. The highest BCUT2D eigenvalue weighted by Crippen LogP contribution is 2.38. The summed E-state index contributed by atoms with van der Waals surface area (Å²) in [6.45, 7) is 1.46. The maximum absolute atomic E-state index is 12.0. The van der Waals surface area contributed by atoms with Gasteiger partial charge in [-0.25, -0.2) is 4.79 Å². The van der Waals surface area contributed by atoms with Crippen molar-refractivity contribution < 1.29 is 19.4 Å². The van der Waals surface area contributed by atoms with E-state index in [-0.39, 0.29) is 11.4 Å². The van der Waals surface area contributed by atoms with Crippen LogP contribution in [0.1, 0.15) is 27.0 Å². The Morgan fingerprint density at radius 2 is 1.78 bits per heavy atom. The van der Waals surface area contributed by atoms with Gasteiger partial charge in [0.05, 0.1) is 19.8 Å². The van der Waals surface area contributed by atoms with E-state index in [2.05, 4.69) is 4.90 Å². The zero-order valence-corrected chi connectivity index (χ0v) is 18.0. The summed E-state index contributed by atoms with van der Waals surface area (Å²) in [5.74, 6) is -0.114. The number of aromatic carboxylic acids is 1. The smallest absolute Gasteiger partial charge is 0.336 e. The molecular formula is C25H25N3O4. The van der Waals surface area contributed by atoms with Gasteiger partial charge in [-0.05, 0) is 53.4 Å². The lowest BCUT2D eigenvalue weighted by molar-refractivity contribution is 0.0697. The molecule has 4 rings (SSSR count). The summed E-state index contributed by atoms with van der Waals surface area (Å²) in [6.07, 6.45) is 0.870. The summed E-state index contributed by atoms with van der Waals surface area (Å²) >= 11 is 0. The number of ether oxygens (including phenoxy) is 2. The first-order valence-corrected chi connectivity index (χ1v) is 10.2. The molecular weight excluding hydrogens is 406 g/mol. The van der Waals surface area contributed by atoms with Crippen LogP contribution < -0.4 is 20.1 Å². The molecule has 0 spiro atoms. The molecule has 0 unspecified atom stereocenters. The van der Waals surface area contributed by atoms with Crippen LogP contribution in [-0.2, 0) is 13.0 Å². The van der Waals surface area contributed by atoms with E-state index in [1.807, 2.05) is 42.5 Å². The van der Waals surface area contributed by atoms with Gasteiger partial charge in [-0.2, -0.15) is 0 Å². The van der Waals surface area contributed by atoms with Gasteiger partial charge in [0.2, 0.25) is 0 Å². The van der Waals surface area contributed by atoms with E-state index in [1.54, 1.807) is 6.07 Å². The Kier molecular flexibility index (Phi) is 5.73. The lowest BCUT2D eigenvalue weighted by Crippen LogP contribution is -2.20. The minimum absolute atomic E-state index is 0.0613. The van der Waals surface area contributed by atoms with E-state index in [1.165, 1.54) is 20.3 Å². The van der Waals surface area contributed by atoms with Crippen LogP contribution in [0.2, 0.25) is 0 Å². The van der Waals surface area contributed by atoms with Crippen molar-refractivity contribution in [3.05, 3.63) is 76.9 Å². The highest BCUT2D eigenvalue weighted by Gasteiger charge is 2.23. The molecule has 0 amide bonds. The second-order valence-corrected chi connectivity index (χ2v) is 7.64. The van der Waals surface area contributed by atoms with Gasteiger partial charge in [0.25, 0.3) is 0 Å². The molecule has 4 N–H and O–H groups in total. The van der Waals surface area contributed by atoms with E-state index in [4.69, 9.17) is 20.6 Å². The third-order valence-electron chi connectivity index (χ3n) is 5.81. The molecule has 32 heavy (non-hydrogen) atoms. The molecule has 0 aromatic heterocycles. The lowest BCUT2D eigenvalue weighted by atomic mass is 9.94. The Morgan fingerprint density at radius 3 is 2.47 bits per heavy atom. The van der Waals surface area contributed by atoms with Crippen molar-refractivity contribution >= 4 is 17.5 Å². The zero-order chi connectivity index (χ0) is 22.8. The van der Waals surface area contributed by atoms with Crippen LogP contribution in [0.4, 0.5) is 5.69 Å². The topological polar surface area (TPSA) is 109 Å². The normalized spacial score (nSPS) is 12.4. The summed E-state index contributed by atoms with van der Waals surface area (Å²) in [6, 6.07) is 16.9. The van der Waals surface area contributed by atoms with Crippen LogP contribution in [0, 0.1) is 5.41 Å². The number of nitrogen functional groups attached to an aromatic ring is 1. The van der Waals surface area contributed by atoms with Gasteiger partial charge in [0, 0.05) is 29.9 Å². The molecule has 3 aromatic carbocycles. The van der Waals surface area contributed by atoms with Crippen molar-refractivity contribution in [3.8, 4) is 22.6 Å². The fourth-order valence-corrected chi connectivity index (χ4v) is 4.21. The maximum atomic E-state index is 12.0. The molecule has 1 aliphatic heterocycles. The molecule has 1 heterocycles. The van der Waals surface area contributed by atoms with E-state index < -0.39 is 5.97 Å². The van der Waals surface area contributed by atoms with Crippen molar-refractivity contribution in [1.82, 2.24) is 0 Å². The molecule has 7 heteroatoms. The van der Waals surface area contributed by atoms with Gasteiger partial charge >= 0.3 is 5.97 Å². The average Bonchev–Trinajstić information content (AvgIpc) is 3.20. The predicted molar refractivity (Wildman–Crippen MR) is 124 cm³/mol. The van der Waals surface area contributed by atoms with Gasteiger partial charge in [0.15, 0.2) is 11.5 Å². The monoisotopic (exact) mass is 431 g/mol. The van der Waals surface area contributed by atoms with E-state index in [9.17, 15) is 9.90 Å². The average molecular weight is 431 g/mol. The number of benzene rings is 3. The van der Waals surface area contributed by atoms with E-state index in [0.717, 1.165) is 40.9 Å². The fourth-order valence-electron chi connectivity index (χ4n) is 4.21. The second-order valence-electron chi connectivity index (χ2n) is 7.64. The number of carboxylic acids is 1. The fraction of sp³-hybridized carbons (Fsp3) is 0.200. The van der Waals surface area contributed by atoms with Gasteiger partial charge in [0.1, 0.15) is 5.84 Å². The predicted octanol–water partition coefficient (Wildman–Crippen LogP) is 3.92. The molecule has 0 aliphatic carbocycles. The molecule has 0 saturated heterocycles. The number of nitrogens with two attached hydrogens (primary N) is 1. The number of rotatable bonds is 7. The minimum Gasteiger partial charge on any atom is -0.493 e. The summed E-state index contributed by atoms with van der Waals surface area (Å²) in [4.78, 5) is 14.3. The second kappa shape index (κ2) is 8.63. The van der Waals surface area contributed by atoms with Crippen LogP contribution in [-0.4, -0.2) is 37.7 Å². The summed E-state index contributed by atoms with van der Waals surface area (Å²) < 4.78 is 10.7. The molecule has 0 fully saturated rings. The lowest BCUT2D eigenvalue weighted by Gasteiger charge is -2.22. The van der Waals surface area contributed by atoms with Crippen molar-refractivity contribution in [1.29, 1.82) is 5.41 Å². The van der Waals surface area contributed by atoms with Gasteiger partial charge in [-0.15, -0.1) is 0 Å². The first-order valence-electron chi connectivity index (χ1n) is 10.2. The first-order chi connectivity index (χ1) is 15.4. The number of hydrogen-bond acceptors (Lipinski definition) is 5. The molecule has 0 bridgehead atoms. The number of anilines is 1. The van der Waals surface area contributed by atoms with Gasteiger partial charge in [-0.1, -0.05) is 24.3 Å². The number of carboxylic acid groups (broad SMARTS) is 1. The summed E-state index contributed by atoms with van der Waals surface area (Å²) in [5.41, 5.74) is 11.2. The van der Waals surface area contributed by atoms with Crippen LogP contribution in [0.25, 0.3) is 11.1 Å². The molecule has 1 aliphatic rings. The quantitative estimate of drug-likeness (QED) is 0.387. The molecule has 164 valence electrons.